The van der Waals surface area contributed by atoms with Crippen LogP contribution in [0.2, 0.25) is 0 Å². The van der Waals surface area contributed by atoms with E-state index in [1.165, 1.54) is 0 Å². The molecule has 0 fully saturated rings. The predicted molar refractivity (Wildman–Crippen MR) is 90.6 cm³/mol. The van der Waals surface area contributed by atoms with Crippen molar-refractivity contribution in [3.8, 4) is 5.75 Å². The van der Waals surface area contributed by atoms with Gasteiger partial charge in [0.2, 0.25) is 0 Å². The molecule has 23 heavy (non-hydrogen) atoms. The average molecular weight is 308 g/mol. The highest BCUT2D eigenvalue weighted by atomic mass is 16.3. The minimum atomic E-state index is -0.377. The molecule has 2 amide bonds. The fourth-order valence-corrected chi connectivity index (χ4v) is 2.35. The van der Waals surface area contributed by atoms with Gasteiger partial charge >= 0.3 is 6.03 Å². The average Bonchev–Trinajstić information content (AvgIpc) is 2.56. The summed E-state index contributed by atoms with van der Waals surface area (Å²) in [5.74, 6) is 0.145. The molecule has 0 atom stereocenters. The summed E-state index contributed by atoms with van der Waals surface area (Å²) < 4.78 is 0. The molecule has 3 aromatic rings. The van der Waals surface area contributed by atoms with E-state index >= 15 is 0 Å². The quantitative estimate of drug-likeness (QED) is 0.596. The molecule has 0 heterocycles. The highest BCUT2D eigenvalue weighted by Gasteiger charge is 2.07. The van der Waals surface area contributed by atoms with Gasteiger partial charge in [-0.3, -0.25) is 0 Å². The first-order chi connectivity index (χ1) is 11.2. The molecule has 3 rings (SSSR count). The highest BCUT2D eigenvalue weighted by molar-refractivity contribution is 6.06. The summed E-state index contributed by atoms with van der Waals surface area (Å²) in [6, 6.07) is 17.1. The van der Waals surface area contributed by atoms with Crippen molar-refractivity contribution in [1.29, 1.82) is 0 Å². The Labute approximate surface area is 133 Å². The fourth-order valence-electron chi connectivity index (χ4n) is 2.35. The van der Waals surface area contributed by atoms with Crippen LogP contribution in [0.4, 0.5) is 16.2 Å². The van der Waals surface area contributed by atoms with Gasteiger partial charge in [0, 0.05) is 11.1 Å². The molecular formula is C18H16N2O3. The van der Waals surface area contributed by atoms with Crippen LogP contribution in [0, 0.1) is 0 Å². The summed E-state index contributed by atoms with van der Waals surface area (Å²) in [5.41, 5.74) is 2.02. The van der Waals surface area contributed by atoms with Crippen LogP contribution < -0.4 is 10.6 Å². The van der Waals surface area contributed by atoms with Gasteiger partial charge in [0.25, 0.3) is 0 Å². The van der Waals surface area contributed by atoms with E-state index in [4.69, 9.17) is 5.11 Å². The minimum Gasteiger partial charge on any atom is -0.508 e. The van der Waals surface area contributed by atoms with E-state index in [-0.39, 0.29) is 18.4 Å². The van der Waals surface area contributed by atoms with E-state index in [0.717, 1.165) is 16.3 Å². The number of hydrogen-bond acceptors (Lipinski definition) is 3. The van der Waals surface area contributed by atoms with Gasteiger partial charge in [-0.2, -0.15) is 0 Å². The van der Waals surface area contributed by atoms with Crippen molar-refractivity contribution >= 4 is 28.2 Å². The molecule has 3 aromatic carbocycles. The third kappa shape index (κ3) is 3.41. The van der Waals surface area contributed by atoms with Crippen molar-refractivity contribution in [3.63, 3.8) is 0 Å². The number of fused-ring (bicyclic) bond motifs is 1. The lowest BCUT2D eigenvalue weighted by Crippen LogP contribution is -2.19. The van der Waals surface area contributed by atoms with Crippen LogP contribution in [0.3, 0.4) is 0 Å². The number of hydrogen-bond donors (Lipinski definition) is 4. The first kappa shape index (κ1) is 14.9. The van der Waals surface area contributed by atoms with Crippen molar-refractivity contribution in [2.75, 3.05) is 10.6 Å². The summed E-state index contributed by atoms with van der Waals surface area (Å²) in [7, 11) is 0. The smallest absolute Gasteiger partial charge is 0.323 e. The Bertz CT molecular complexity index is 845. The molecule has 0 radical (unpaired) electrons. The van der Waals surface area contributed by atoms with Crippen LogP contribution >= 0.6 is 0 Å². The van der Waals surface area contributed by atoms with Crippen molar-refractivity contribution in [2.24, 2.45) is 0 Å². The number of aromatic hydroxyl groups is 1. The number of anilines is 2. The molecule has 0 spiro atoms. The number of phenolic OH excluding ortho intramolecular Hbond substituents is 1. The molecule has 116 valence electrons. The zero-order valence-corrected chi connectivity index (χ0v) is 12.3. The standard InChI is InChI=1S/C18H16N2O3/c21-11-12-4-7-14(8-5-12)19-18(23)20-17-3-1-2-13-6-9-15(22)10-16(13)17/h1-10,21-22H,11H2,(H2,19,20,23). The van der Waals surface area contributed by atoms with E-state index in [2.05, 4.69) is 10.6 Å². The van der Waals surface area contributed by atoms with Gasteiger partial charge in [0.1, 0.15) is 5.75 Å². The van der Waals surface area contributed by atoms with Crippen LogP contribution in [0.1, 0.15) is 5.56 Å². The summed E-state index contributed by atoms with van der Waals surface area (Å²) in [6.45, 7) is -0.0357. The Morgan fingerprint density at radius 1 is 0.957 bits per heavy atom. The molecule has 0 aliphatic rings. The van der Waals surface area contributed by atoms with Crippen molar-refractivity contribution in [1.82, 2.24) is 0 Å². The monoisotopic (exact) mass is 308 g/mol. The lowest BCUT2D eigenvalue weighted by Gasteiger charge is -2.10. The van der Waals surface area contributed by atoms with Crippen LogP contribution in [-0.4, -0.2) is 16.2 Å². The van der Waals surface area contributed by atoms with Gasteiger partial charge < -0.3 is 20.8 Å². The predicted octanol–water partition coefficient (Wildman–Crippen LogP) is 3.68. The van der Waals surface area contributed by atoms with Gasteiger partial charge in [-0.1, -0.05) is 30.3 Å². The molecule has 5 nitrogen and oxygen atoms in total. The third-order valence-corrected chi connectivity index (χ3v) is 3.51. The van der Waals surface area contributed by atoms with Crippen LogP contribution in [0.25, 0.3) is 10.8 Å². The van der Waals surface area contributed by atoms with Gasteiger partial charge in [0.05, 0.1) is 12.3 Å². The number of carbonyl (C=O) groups excluding carboxylic acids is 1. The first-order valence-electron chi connectivity index (χ1n) is 7.15. The summed E-state index contributed by atoms with van der Waals surface area (Å²) >= 11 is 0. The Kier molecular flexibility index (Phi) is 4.12. The first-order valence-corrected chi connectivity index (χ1v) is 7.15. The Hall–Kier alpha value is -3.05. The van der Waals surface area contributed by atoms with Crippen molar-refractivity contribution in [2.45, 2.75) is 6.61 Å². The van der Waals surface area contributed by atoms with Crippen LogP contribution in [-0.2, 0) is 6.61 Å². The second-order valence-corrected chi connectivity index (χ2v) is 5.15. The fraction of sp³-hybridized carbons (Fsp3) is 0.0556. The van der Waals surface area contributed by atoms with E-state index in [9.17, 15) is 9.90 Å². The zero-order chi connectivity index (χ0) is 16.2. The number of urea groups is 1. The maximum Gasteiger partial charge on any atom is 0.323 e. The van der Waals surface area contributed by atoms with Crippen LogP contribution in [0.15, 0.2) is 60.7 Å². The maximum atomic E-state index is 12.1. The number of aliphatic hydroxyl groups is 1. The molecule has 0 unspecified atom stereocenters. The molecule has 0 aliphatic carbocycles. The second-order valence-electron chi connectivity index (χ2n) is 5.15. The van der Waals surface area contributed by atoms with Gasteiger partial charge in [-0.15, -0.1) is 0 Å². The number of rotatable bonds is 3. The molecule has 0 saturated heterocycles. The lowest BCUT2D eigenvalue weighted by atomic mass is 10.1. The van der Waals surface area contributed by atoms with E-state index in [0.29, 0.717) is 11.4 Å². The molecule has 0 aliphatic heterocycles. The van der Waals surface area contributed by atoms with E-state index < -0.39 is 0 Å². The SMILES string of the molecule is O=C(Nc1ccc(CO)cc1)Nc1cccc2ccc(O)cc12. The van der Waals surface area contributed by atoms with Gasteiger partial charge in [-0.05, 0) is 41.3 Å². The number of amides is 2. The summed E-state index contributed by atoms with van der Waals surface area (Å²) in [4.78, 5) is 12.1. The molecule has 0 saturated carbocycles. The third-order valence-electron chi connectivity index (χ3n) is 3.51. The normalized spacial score (nSPS) is 10.5. The largest absolute Gasteiger partial charge is 0.508 e. The maximum absolute atomic E-state index is 12.1. The topological polar surface area (TPSA) is 81.6 Å². The Morgan fingerprint density at radius 2 is 1.74 bits per heavy atom. The van der Waals surface area contributed by atoms with Crippen molar-refractivity contribution in [3.05, 3.63) is 66.2 Å². The number of benzene rings is 3. The molecular weight excluding hydrogens is 292 g/mol. The Balaban J connectivity index is 1.78. The zero-order valence-electron chi connectivity index (χ0n) is 12.3. The van der Waals surface area contributed by atoms with Gasteiger partial charge in [-0.25, -0.2) is 4.79 Å². The molecule has 0 bridgehead atoms. The molecule has 5 heteroatoms. The summed E-state index contributed by atoms with van der Waals surface area (Å²) in [6.07, 6.45) is 0. The number of phenols is 1. The van der Waals surface area contributed by atoms with Crippen LogP contribution in [0.5, 0.6) is 5.75 Å². The van der Waals surface area contributed by atoms with Gasteiger partial charge in [0.15, 0.2) is 0 Å². The second kappa shape index (κ2) is 6.37. The van der Waals surface area contributed by atoms with Crippen molar-refractivity contribution < 1.29 is 15.0 Å². The van der Waals surface area contributed by atoms with E-state index in [1.54, 1.807) is 48.5 Å². The minimum absolute atomic E-state index is 0.0357. The number of carbonyl (C=O) groups is 1. The lowest BCUT2D eigenvalue weighted by molar-refractivity contribution is 0.262. The number of nitrogens with one attached hydrogen (secondary N) is 2. The molecule has 0 aromatic heterocycles. The highest BCUT2D eigenvalue weighted by Crippen LogP contribution is 2.27. The van der Waals surface area contributed by atoms with E-state index in [1.807, 2.05) is 12.1 Å². The molecule has 4 N–H and O–H groups in total. The Morgan fingerprint density at radius 3 is 2.48 bits per heavy atom. The summed E-state index contributed by atoms with van der Waals surface area (Å²) in [5, 5.41) is 25.8. The number of aliphatic hydroxyl groups excluding tert-OH is 1.